The molecule has 1 unspecified atom stereocenters. The van der Waals surface area contributed by atoms with Crippen molar-refractivity contribution in [2.24, 2.45) is 5.73 Å². The number of ether oxygens (including phenoxy) is 2. The lowest BCUT2D eigenvalue weighted by Crippen LogP contribution is -2.36. The van der Waals surface area contributed by atoms with Gasteiger partial charge in [-0.15, -0.1) is 5.10 Å². The topological polar surface area (TPSA) is 165 Å². The lowest BCUT2D eigenvalue weighted by Gasteiger charge is -2.30. The van der Waals surface area contributed by atoms with Crippen LogP contribution in [0, 0.1) is 0 Å². The van der Waals surface area contributed by atoms with Crippen LogP contribution in [0.2, 0.25) is 0 Å². The molecule has 2 aliphatic heterocycles. The minimum absolute atomic E-state index is 0.142. The van der Waals surface area contributed by atoms with Gasteiger partial charge in [0.15, 0.2) is 12.1 Å². The van der Waals surface area contributed by atoms with Gasteiger partial charge >= 0.3 is 7.75 Å². The molecule has 3 heterocycles. The van der Waals surface area contributed by atoms with E-state index in [0.29, 0.717) is 13.2 Å². The molecule has 5 atom stereocenters. The third-order valence-corrected chi connectivity index (χ3v) is 5.75. The molecule has 2 aliphatic rings. The number of hydrogen-bond acceptors (Lipinski definition) is 9. The molecule has 13 heteroatoms. The van der Waals surface area contributed by atoms with Gasteiger partial charge in [0.05, 0.1) is 25.5 Å². The number of nitrogens with zero attached hydrogens (tertiary/aromatic N) is 4. The molecule has 12 nitrogen and oxygen atoms in total. The normalized spacial score (nSPS) is 32.4. The average molecular weight is 391 g/mol. The summed E-state index contributed by atoms with van der Waals surface area (Å²) in [4.78, 5) is 14.0. The first-order valence-corrected chi connectivity index (χ1v) is 9.50. The van der Waals surface area contributed by atoms with Crippen molar-refractivity contribution in [3.8, 4) is 0 Å². The van der Waals surface area contributed by atoms with Crippen molar-refractivity contribution in [2.75, 3.05) is 32.9 Å². The summed E-state index contributed by atoms with van der Waals surface area (Å²) < 4.78 is 30.5. The zero-order chi connectivity index (χ0) is 18.9. The number of aliphatic hydroxyl groups excluding tert-OH is 2. The van der Waals surface area contributed by atoms with Gasteiger partial charge in [0.2, 0.25) is 0 Å². The molecule has 3 rings (SSSR count). The molecule has 0 aliphatic carbocycles. The third kappa shape index (κ3) is 3.97. The molecule has 0 saturated carbocycles. The molecule has 0 bridgehead atoms. The highest BCUT2D eigenvalue weighted by Gasteiger charge is 2.45. The highest BCUT2D eigenvalue weighted by Crippen LogP contribution is 2.47. The van der Waals surface area contributed by atoms with Crippen LogP contribution in [0.5, 0.6) is 0 Å². The summed E-state index contributed by atoms with van der Waals surface area (Å²) in [6.45, 7) is 4.31. The number of nitrogens with two attached hydrogens (primary N) is 1. The van der Waals surface area contributed by atoms with Crippen LogP contribution in [0.15, 0.2) is 12.9 Å². The lowest BCUT2D eigenvalue weighted by atomic mass is 10.1. The minimum atomic E-state index is -4.05. The minimum Gasteiger partial charge on any atom is -0.396 e. The monoisotopic (exact) mass is 391 g/mol. The molecule has 0 spiro atoms. The lowest BCUT2D eigenvalue weighted by molar-refractivity contribution is -0.0583. The second-order valence-electron chi connectivity index (χ2n) is 5.97. The molecule has 2 fully saturated rings. The molecule has 1 aromatic rings. The maximum atomic E-state index is 12.3. The quantitative estimate of drug-likeness (QED) is 0.407. The van der Waals surface area contributed by atoms with E-state index in [9.17, 15) is 19.7 Å². The Bertz CT molecular complexity index is 694. The standard InChI is InChI=1S/C13H22N5O7P/c1-8(14)12-15-7-18(16-12)13-11(20)10(19)9(25-13)6-24-26(21,22)17-2-4-23-5-3-17/h7,9-11,13,19-20H,1-6,14H2,(H,21,22)/t9-,10-,11-,13-/m1/s1. The fraction of sp³-hybridized carbons (Fsp3) is 0.692. The van der Waals surface area contributed by atoms with E-state index in [0.717, 1.165) is 0 Å². The number of hydrogen-bond donors (Lipinski definition) is 4. The van der Waals surface area contributed by atoms with Gasteiger partial charge in [0, 0.05) is 13.1 Å². The summed E-state index contributed by atoms with van der Waals surface area (Å²) in [6, 6.07) is 0. The SMILES string of the molecule is C=C(N)c1ncn([C@@H]2O[C@H](COP(=O)(O)N3CCOCC3)[C@@H](O)[C@H]2O)n1. The summed E-state index contributed by atoms with van der Waals surface area (Å²) in [6.07, 6.45) is -3.45. The van der Waals surface area contributed by atoms with Crippen molar-refractivity contribution in [1.29, 1.82) is 0 Å². The smallest absolute Gasteiger partial charge is 0.396 e. The van der Waals surface area contributed by atoms with Crippen LogP contribution in [0.3, 0.4) is 0 Å². The summed E-state index contributed by atoms with van der Waals surface area (Å²) in [5, 5.41) is 24.3. The Hall–Kier alpha value is -1.37. The summed E-state index contributed by atoms with van der Waals surface area (Å²) in [5.74, 6) is 0.169. The van der Waals surface area contributed by atoms with Gasteiger partial charge in [-0.25, -0.2) is 18.9 Å². The maximum Gasteiger partial charge on any atom is 0.405 e. The molecule has 5 N–H and O–H groups in total. The number of rotatable bonds is 6. The van der Waals surface area contributed by atoms with Crippen LogP contribution in [-0.4, -0.2) is 85.8 Å². The molecule has 26 heavy (non-hydrogen) atoms. The van der Waals surface area contributed by atoms with E-state index in [2.05, 4.69) is 16.7 Å². The Balaban J connectivity index is 1.62. The Kier molecular flexibility index (Phi) is 5.75. The molecule has 0 amide bonds. The molecular formula is C13H22N5O7P. The van der Waals surface area contributed by atoms with Crippen molar-refractivity contribution in [2.45, 2.75) is 24.5 Å². The van der Waals surface area contributed by atoms with Crippen LogP contribution in [0.25, 0.3) is 5.70 Å². The fourth-order valence-corrected chi connectivity index (χ4v) is 3.86. The van der Waals surface area contributed by atoms with Crippen molar-refractivity contribution in [3.05, 3.63) is 18.7 Å². The number of aliphatic hydroxyl groups is 2. The van der Waals surface area contributed by atoms with Crippen molar-refractivity contribution < 1.29 is 33.7 Å². The predicted molar refractivity (Wildman–Crippen MR) is 87.3 cm³/mol. The van der Waals surface area contributed by atoms with Gasteiger partial charge in [0.1, 0.15) is 24.6 Å². The van der Waals surface area contributed by atoms with Gasteiger partial charge in [-0.3, -0.25) is 4.52 Å². The Morgan fingerprint density at radius 2 is 2.12 bits per heavy atom. The Labute approximate surface area is 149 Å². The van der Waals surface area contributed by atoms with Crippen LogP contribution >= 0.6 is 7.75 Å². The Morgan fingerprint density at radius 3 is 2.73 bits per heavy atom. The van der Waals surface area contributed by atoms with Gasteiger partial charge in [-0.05, 0) is 0 Å². The van der Waals surface area contributed by atoms with Crippen molar-refractivity contribution in [3.63, 3.8) is 0 Å². The first kappa shape index (κ1) is 19.4. The van der Waals surface area contributed by atoms with E-state index in [1.807, 2.05) is 0 Å². The molecular weight excluding hydrogens is 369 g/mol. The van der Waals surface area contributed by atoms with E-state index in [-0.39, 0.29) is 31.2 Å². The van der Waals surface area contributed by atoms with Gasteiger partial charge in [0.25, 0.3) is 0 Å². The second kappa shape index (κ2) is 7.71. The van der Waals surface area contributed by atoms with Crippen molar-refractivity contribution >= 4 is 13.4 Å². The first-order chi connectivity index (χ1) is 12.3. The molecule has 146 valence electrons. The average Bonchev–Trinajstić information content (AvgIpc) is 3.21. The van der Waals surface area contributed by atoms with Gasteiger partial charge < -0.3 is 30.3 Å². The fourth-order valence-electron chi connectivity index (χ4n) is 2.69. The van der Waals surface area contributed by atoms with Crippen LogP contribution in [-0.2, 0) is 18.6 Å². The van der Waals surface area contributed by atoms with Crippen LogP contribution in [0.4, 0.5) is 0 Å². The van der Waals surface area contributed by atoms with Crippen molar-refractivity contribution in [1.82, 2.24) is 19.4 Å². The van der Waals surface area contributed by atoms with Gasteiger partial charge in [-0.1, -0.05) is 6.58 Å². The highest BCUT2D eigenvalue weighted by atomic mass is 31.2. The van der Waals surface area contributed by atoms with E-state index in [4.69, 9.17) is 19.7 Å². The van der Waals surface area contributed by atoms with Crippen LogP contribution in [0.1, 0.15) is 12.1 Å². The second-order valence-corrected chi connectivity index (χ2v) is 7.78. The predicted octanol–water partition coefficient (Wildman–Crippen LogP) is -1.72. The van der Waals surface area contributed by atoms with E-state index < -0.39 is 32.3 Å². The first-order valence-electron chi connectivity index (χ1n) is 7.97. The maximum absolute atomic E-state index is 12.3. The largest absolute Gasteiger partial charge is 0.405 e. The molecule has 0 radical (unpaired) electrons. The summed E-state index contributed by atoms with van der Waals surface area (Å²) in [5.41, 5.74) is 5.65. The zero-order valence-corrected chi connectivity index (χ0v) is 14.8. The summed E-state index contributed by atoms with van der Waals surface area (Å²) in [7, 11) is -4.05. The zero-order valence-electron chi connectivity index (χ0n) is 13.9. The van der Waals surface area contributed by atoms with Gasteiger partial charge in [-0.2, -0.15) is 0 Å². The van der Waals surface area contributed by atoms with E-state index >= 15 is 0 Å². The number of aromatic nitrogens is 3. The molecule has 2 saturated heterocycles. The molecule has 0 aromatic carbocycles. The highest BCUT2D eigenvalue weighted by molar-refractivity contribution is 7.50. The summed E-state index contributed by atoms with van der Waals surface area (Å²) >= 11 is 0. The van der Waals surface area contributed by atoms with E-state index in [1.165, 1.54) is 15.7 Å². The number of morpholine rings is 1. The Morgan fingerprint density at radius 1 is 1.42 bits per heavy atom. The third-order valence-electron chi connectivity index (χ3n) is 4.15. The molecule has 1 aromatic heterocycles. The van der Waals surface area contributed by atoms with Crippen LogP contribution < -0.4 is 5.73 Å². The van der Waals surface area contributed by atoms with E-state index in [1.54, 1.807) is 0 Å².